The Morgan fingerprint density at radius 2 is 1.73 bits per heavy atom. The van der Waals surface area contributed by atoms with Crippen molar-refractivity contribution >= 4 is 28.5 Å². The van der Waals surface area contributed by atoms with Gasteiger partial charge in [0.05, 0.1) is 24.2 Å². The van der Waals surface area contributed by atoms with Crippen molar-refractivity contribution in [3.05, 3.63) is 18.0 Å². The molecule has 0 atom stereocenters. The highest BCUT2D eigenvalue weighted by atomic mass is 16.6. The number of anilines is 1. The van der Waals surface area contributed by atoms with Crippen molar-refractivity contribution in [3.63, 3.8) is 0 Å². The van der Waals surface area contributed by atoms with Crippen LogP contribution >= 0.6 is 0 Å². The number of carbonyl (C=O) groups excluding carboxylic acids is 1. The summed E-state index contributed by atoms with van der Waals surface area (Å²) < 4.78 is 18.9. The highest BCUT2D eigenvalue weighted by Gasteiger charge is 2.17. The number of benzene rings is 1. The molecule has 0 bridgehead atoms. The van der Waals surface area contributed by atoms with E-state index in [4.69, 9.17) is 19.2 Å². The topological polar surface area (TPSA) is 99.9 Å². The predicted molar refractivity (Wildman–Crippen MR) is 128 cm³/mol. The van der Waals surface area contributed by atoms with Crippen LogP contribution in [0.4, 0.5) is 5.82 Å². The Kier molecular flexibility index (Phi) is 7.94. The number of ether oxygens (including phenoxy) is 3. The molecule has 180 valence electrons. The molecular formula is C24H35N5O4. The molecule has 1 N–H and O–H groups in total. The number of fused-ring (bicyclic) bond motifs is 3. The molecule has 3 aromatic rings. The summed E-state index contributed by atoms with van der Waals surface area (Å²) in [6.07, 6.45) is 3.03. The molecule has 3 rings (SSSR count). The molecule has 2 aromatic heterocycles. The Balaban J connectivity index is 1.72. The van der Waals surface area contributed by atoms with Gasteiger partial charge in [0.2, 0.25) is 5.65 Å². The van der Waals surface area contributed by atoms with Crippen LogP contribution in [0.3, 0.4) is 0 Å². The van der Waals surface area contributed by atoms with Crippen LogP contribution in [-0.4, -0.2) is 50.9 Å². The van der Waals surface area contributed by atoms with Crippen molar-refractivity contribution in [1.29, 1.82) is 0 Å². The van der Waals surface area contributed by atoms with E-state index in [1.165, 1.54) is 0 Å². The van der Waals surface area contributed by atoms with Gasteiger partial charge in [0, 0.05) is 25.1 Å². The third kappa shape index (κ3) is 6.24. The van der Waals surface area contributed by atoms with Gasteiger partial charge in [-0.25, -0.2) is 4.98 Å². The van der Waals surface area contributed by atoms with E-state index in [1.807, 2.05) is 58.1 Å². The smallest absolute Gasteiger partial charge is 0.306 e. The molecule has 9 heteroatoms. The monoisotopic (exact) mass is 457 g/mol. The van der Waals surface area contributed by atoms with Crippen molar-refractivity contribution in [2.75, 3.05) is 25.1 Å². The highest BCUT2D eigenvalue weighted by molar-refractivity contribution is 5.85. The van der Waals surface area contributed by atoms with Crippen LogP contribution in [0.15, 0.2) is 12.1 Å². The zero-order valence-electron chi connectivity index (χ0n) is 20.5. The summed E-state index contributed by atoms with van der Waals surface area (Å²) in [5.41, 5.74) is 1.86. The number of nitrogens with zero attached hydrogens (tertiary/aromatic N) is 4. The van der Waals surface area contributed by atoms with E-state index in [2.05, 4.69) is 15.5 Å². The first-order chi connectivity index (χ1) is 15.7. The second-order valence-electron chi connectivity index (χ2n) is 8.84. The lowest BCUT2D eigenvalue weighted by atomic mass is 10.1. The normalized spacial score (nSPS) is 11.7. The molecule has 0 amide bonds. The Bertz CT molecular complexity index is 1100. The Labute approximate surface area is 194 Å². The van der Waals surface area contributed by atoms with Gasteiger partial charge < -0.3 is 19.5 Å². The zero-order valence-corrected chi connectivity index (χ0v) is 20.5. The molecule has 0 saturated heterocycles. The molecular weight excluding hydrogens is 422 g/mol. The Morgan fingerprint density at radius 3 is 2.39 bits per heavy atom. The van der Waals surface area contributed by atoms with Gasteiger partial charge in [-0.05, 0) is 54.4 Å². The van der Waals surface area contributed by atoms with Crippen LogP contribution < -0.4 is 14.8 Å². The van der Waals surface area contributed by atoms with Crippen molar-refractivity contribution < 1.29 is 19.0 Å². The van der Waals surface area contributed by atoms with Gasteiger partial charge >= 0.3 is 5.97 Å². The van der Waals surface area contributed by atoms with Gasteiger partial charge in [-0.1, -0.05) is 6.42 Å². The lowest BCUT2D eigenvalue weighted by Crippen LogP contribution is -2.23. The fourth-order valence-electron chi connectivity index (χ4n) is 3.61. The van der Waals surface area contributed by atoms with E-state index in [-0.39, 0.29) is 5.97 Å². The maximum absolute atomic E-state index is 11.8. The third-order valence-corrected chi connectivity index (χ3v) is 4.92. The van der Waals surface area contributed by atoms with Crippen LogP contribution in [-0.2, 0) is 9.53 Å². The molecule has 0 aliphatic heterocycles. The predicted octanol–water partition coefficient (Wildman–Crippen LogP) is 4.70. The van der Waals surface area contributed by atoms with Crippen LogP contribution in [0.5, 0.6) is 11.5 Å². The quantitative estimate of drug-likeness (QED) is 0.327. The maximum atomic E-state index is 11.8. The van der Waals surface area contributed by atoms with Crippen LogP contribution in [0, 0.1) is 6.92 Å². The van der Waals surface area contributed by atoms with E-state index in [1.54, 1.807) is 0 Å². The maximum Gasteiger partial charge on any atom is 0.306 e. The number of hydrogen-bond acceptors (Lipinski definition) is 8. The second kappa shape index (κ2) is 10.7. The van der Waals surface area contributed by atoms with Crippen molar-refractivity contribution in [2.24, 2.45) is 0 Å². The van der Waals surface area contributed by atoms with E-state index >= 15 is 0 Å². The molecule has 0 aliphatic carbocycles. The second-order valence-corrected chi connectivity index (χ2v) is 8.84. The van der Waals surface area contributed by atoms with Crippen LogP contribution in [0.2, 0.25) is 0 Å². The summed E-state index contributed by atoms with van der Waals surface area (Å²) in [5, 5.41) is 12.0. The molecule has 0 radical (unpaired) electrons. The number of aromatic nitrogens is 4. The molecule has 0 spiro atoms. The summed E-state index contributed by atoms with van der Waals surface area (Å²) in [5.74, 6) is 2.63. The minimum Gasteiger partial charge on any atom is -0.490 e. The molecule has 0 unspecified atom stereocenters. The summed E-state index contributed by atoms with van der Waals surface area (Å²) >= 11 is 0. The zero-order chi connectivity index (χ0) is 24.0. The first-order valence-electron chi connectivity index (χ1n) is 11.6. The van der Waals surface area contributed by atoms with Gasteiger partial charge in [0.15, 0.2) is 17.3 Å². The number of unbranched alkanes of at least 4 members (excludes halogenated alkanes) is 2. The minimum atomic E-state index is -0.437. The fraction of sp³-hybridized carbons (Fsp3) is 0.583. The van der Waals surface area contributed by atoms with Gasteiger partial charge in [-0.3, -0.25) is 9.20 Å². The van der Waals surface area contributed by atoms with E-state index < -0.39 is 5.60 Å². The summed E-state index contributed by atoms with van der Waals surface area (Å²) in [6, 6.07) is 3.83. The van der Waals surface area contributed by atoms with Crippen LogP contribution in [0.25, 0.3) is 16.7 Å². The molecule has 1 aromatic carbocycles. The minimum absolute atomic E-state index is 0.149. The van der Waals surface area contributed by atoms with E-state index in [0.29, 0.717) is 49.1 Å². The molecule has 0 saturated carbocycles. The number of esters is 1. The third-order valence-electron chi connectivity index (χ3n) is 4.92. The largest absolute Gasteiger partial charge is 0.490 e. The lowest BCUT2D eigenvalue weighted by Gasteiger charge is -2.19. The van der Waals surface area contributed by atoms with Gasteiger partial charge in [0.1, 0.15) is 11.4 Å². The van der Waals surface area contributed by atoms with Gasteiger partial charge in [-0.2, -0.15) is 0 Å². The highest BCUT2D eigenvalue weighted by Crippen LogP contribution is 2.34. The van der Waals surface area contributed by atoms with Crippen molar-refractivity contribution in [1.82, 2.24) is 19.6 Å². The van der Waals surface area contributed by atoms with Crippen molar-refractivity contribution in [3.8, 4) is 11.5 Å². The number of carbonyl (C=O) groups is 1. The summed E-state index contributed by atoms with van der Waals surface area (Å²) in [6.45, 7) is 13.2. The first-order valence-corrected chi connectivity index (χ1v) is 11.6. The molecule has 9 nitrogen and oxygen atoms in total. The standard InChI is InChI=1S/C24H35N5O4/c1-7-31-19-14-17-18(15-20(19)32-8-2)29-16(3)27-28-23(29)22(26-17)25-13-11-9-10-12-21(30)33-24(4,5)6/h14-15H,7-13H2,1-6H3,(H,25,26). The van der Waals surface area contributed by atoms with Crippen molar-refractivity contribution in [2.45, 2.75) is 72.8 Å². The van der Waals surface area contributed by atoms with Gasteiger partial charge in [-0.15, -0.1) is 10.2 Å². The molecule has 33 heavy (non-hydrogen) atoms. The summed E-state index contributed by atoms with van der Waals surface area (Å²) in [7, 11) is 0. The molecule has 2 heterocycles. The van der Waals surface area contributed by atoms with Gasteiger partial charge in [0.25, 0.3) is 0 Å². The Hall–Kier alpha value is -3.10. The lowest BCUT2D eigenvalue weighted by molar-refractivity contribution is -0.154. The summed E-state index contributed by atoms with van der Waals surface area (Å²) in [4.78, 5) is 16.6. The van der Waals surface area contributed by atoms with E-state index in [9.17, 15) is 4.79 Å². The number of rotatable bonds is 11. The molecule has 0 aliphatic rings. The fourth-order valence-corrected chi connectivity index (χ4v) is 3.61. The SMILES string of the molecule is CCOc1cc2nc(NCCCCCC(=O)OC(C)(C)C)c3nnc(C)n3c2cc1OCC. The van der Waals surface area contributed by atoms with Crippen LogP contribution in [0.1, 0.15) is 66.1 Å². The average molecular weight is 458 g/mol. The number of hydrogen-bond donors (Lipinski definition) is 1. The Morgan fingerprint density at radius 1 is 1.03 bits per heavy atom. The van der Waals surface area contributed by atoms with E-state index in [0.717, 1.165) is 36.1 Å². The number of aryl methyl sites for hydroxylation is 1. The number of nitrogens with one attached hydrogen (secondary N) is 1. The molecule has 0 fully saturated rings. The average Bonchev–Trinajstić information content (AvgIpc) is 3.12. The first kappa shape index (κ1) is 24.5.